The van der Waals surface area contributed by atoms with E-state index in [2.05, 4.69) is 36.6 Å². The molecular formula is C28H28ClN3O3. The highest BCUT2D eigenvalue weighted by Crippen LogP contribution is 2.38. The number of fused-ring (bicyclic) bond motifs is 1. The summed E-state index contributed by atoms with van der Waals surface area (Å²) in [7, 11) is 1.60. The molecule has 0 spiro atoms. The van der Waals surface area contributed by atoms with E-state index in [4.69, 9.17) is 26.1 Å². The van der Waals surface area contributed by atoms with Gasteiger partial charge in [-0.05, 0) is 55.8 Å². The number of amides is 1. The fraction of sp³-hybridized carbons (Fsp3) is 0.286. The van der Waals surface area contributed by atoms with Crippen LogP contribution in [0.5, 0.6) is 11.5 Å². The SMILES string of the molecule is COc1ccc(Cl)cc1N1C[C@H](c2nc3ccccc3n2CCOc2ccc(C)cc2C)CC1=O. The van der Waals surface area contributed by atoms with Gasteiger partial charge in [-0.15, -0.1) is 0 Å². The van der Waals surface area contributed by atoms with Crippen molar-refractivity contribution in [2.75, 3.05) is 25.2 Å². The molecule has 0 unspecified atom stereocenters. The zero-order valence-corrected chi connectivity index (χ0v) is 20.9. The number of para-hydroxylation sites is 2. The van der Waals surface area contributed by atoms with Crippen molar-refractivity contribution >= 4 is 34.2 Å². The maximum Gasteiger partial charge on any atom is 0.227 e. The fourth-order valence-electron chi connectivity index (χ4n) is 4.84. The number of halogens is 1. The van der Waals surface area contributed by atoms with Crippen molar-refractivity contribution in [3.8, 4) is 11.5 Å². The number of methoxy groups -OCH3 is 1. The van der Waals surface area contributed by atoms with Crippen molar-refractivity contribution in [2.24, 2.45) is 0 Å². The standard InChI is InChI=1S/C28H28ClN3O3/c1-18-8-10-25(19(2)14-18)35-13-12-31-23-7-5-4-6-22(23)30-28(31)20-15-27(33)32(17-20)24-16-21(29)9-11-26(24)34-3/h4-11,14,16,20H,12-13,15,17H2,1-3H3/t20-/m1/s1. The van der Waals surface area contributed by atoms with Crippen LogP contribution < -0.4 is 14.4 Å². The summed E-state index contributed by atoms with van der Waals surface area (Å²) in [4.78, 5) is 19.8. The van der Waals surface area contributed by atoms with Crippen LogP contribution in [-0.4, -0.2) is 35.7 Å². The van der Waals surface area contributed by atoms with Gasteiger partial charge in [0.2, 0.25) is 5.91 Å². The molecule has 1 aliphatic rings. The Morgan fingerprint density at radius 1 is 1.06 bits per heavy atom. The van der Waals surface area contributed by atoms with Gasteiger partial charge in [-0.25, -0.2) is 4.98 Å². The molecule has 0 aliphatic carbocycles. The van der Waals surface area contributed by atoms with E-state index in [-0.39, 0.29) is 11.8 Å². The van der Waals surface area contributed by atoms with Crippen LogP contribution >= 0.6 is 11.6 Å². The summed E-state index contributed by atoms with van der Waals surface area (Å²) >= 11 is 6.24. The average molecular weight is 490 g/mol. The molecule has 0 radical (unpaired) electrons. The molecule has 0 bridgehead atoms. The van der Waals surface area contributed by atoms with Crippen LogP contribution in [0.4, 0.5) is 5.69 Å². The Labute approximate surface area is 210 Å². The lowest BCUT2D eigenvalue weighted by Crippen LogP contribution is -2.25. The van der Waals surface area contributed by atoms with Crippen LogP contribution in [0.25, 0.3) is 11.0 Å². The second-order valence-corrected chi connectivity index (χ2v) is 9.39. The second kappa shape index (κ2) is 9.62. The van der Waals surface area contributed by atoms with E-state index in [1.54, 1.807) is 30.2 Å². The molecule has 35 heavy (non-hydrogen) atoms. The smallest absolute Gasteiger partial charge is 0.227 e. The topological polar surface area (TPSA) is 56.6 Å². The van der Waals surface area contributed by atoms with Crippen LogP contribution in [0.3, 0.4) is 0 Å². The summed E-state index contributed by atoms with van der Waals surface area (Å²) in [6.45, 7) is 5.78. The highest BCUT2D eigenvalue weighted by Gasteiger charge is 2.36. The number of benzene rings is 3. The van der Waals surface area contributed by atoms with Crippen LogP contribution in [0.15, 0.2) is 60.7 Å². The van der Waals surface area contributed by atoms with E-state index >= 15 is 0 Å². The largest absolute Gasteiger partial charge is 0.495 e. The average Bonchev–Trinajstić information content (AvgIpc) is 3.41. The minimum absolute atomic E-state index is 0.0284. The first-order valence-corrected chi connectivity index (χ1v) is 12.1. The van der Waals surface area contributed by atoms with Crippen molar-refractivity contribution in [3.63, 3.8) is 0 Å². The minimum atomic E-state index is -0.0558. The Morgan fingerprint density at radius 3 is 2.66 bits per heavy atom. The Bertz CT molecular complexity index is 1400. The van der Waals surface area contributed by atoms with E-state index in [0.29, 0.717) is 42.6 Å². The number of rotatable bonds is 7. The number of aromatic nitrogens is 2. The monoisotopic (exact) mass is 489 g/mol. The summed E-state index contributed by atoms with van der Waals surface area (Å²) in [6.07, 6.45) is 0.372. The Kier molecular flexibility index (Phi) is 6.39. The first-order chi connectivity index (χ1) is 16.9. The van der Waals surface area contributed by atoms with Crippen molar-refractivity contribution in [1.29, 1.82) is 0 Å². The van der Waals surface area contributed by atoms with Crippen LogP contribution in [0.1, 0.15) is 29.3 Å². The number of ether oxygens (including phenoxy) is 2. The van der Waals surface area contributed by atoms with Gasteiger partial charge in [0.05, 0.1) is 30.4 Å². The summed E-state index contributed by atoms with van der Waals surface area (Å²) in [5, 5.41) is 0.563. The molecule has 180 valence electrons. The number of carbonyl (C=O) groups is 1. The van der Waals surface area contributed by atoms with Gasteiger partial charge in [0, 0.05) is 23.9 Å². The maximum absolute atomic E-state index is 13.1. The van der Waals surface area contributed by atoms with Gasteiger partial charge in [0.25, 0.3) is 0 Å². The highest BCUT2D eigenvalue weighted by molar-refractivity contribution is 6.31. The molecule has 2 heterocycles. The first kappa shape index (κ1) is 23.2. The number of imidazole rings is 1. The van der Waals surface area contributed by atoms with E-state index < -0.39 is 0 Å². The highest BCUT2D eigenvalue weighted by atomic mass is 35.5. The summed E-state index contributed by atoms with van der Waals surface area (Å²) in [5.74, 6) is 2.38. The molecule has 6 nitrogen and oxygen atoms in total. The number of hydrogen-bond donors (Lipinski definition) is 0. The lowest BCUT2D eigenvalue weighted by Gasteiger charge is -2.20. The molecule has 1 atom stereocenters. The molecule has 7 heteroatoms. The number of anilines is 1. The number of hydrogen-bond acceptors (Lipinski definition) is 4. The third-order valence-electron chi connectivity index (χ3n) is 6.51. The van der Waals surface area contributed by atoms with E-state index in [1.165, 1.54) is 5.56 Å². The molecule has 1 aromatic heterocycles. The molecule has 1 saturated heterocycles. The molecule has 1 fully saturated rings. The van der Waals surface area contributed by atoms with Gasteiger partial charge >= 0.3 is 0 Å². The van der Waals surface area contributed by atoms with Crippen LogP contribution in [-0.2, 0) is 11.3 Å². The van der Waals surface area contributed by atoms with Crippen molar-refractivity contribution in [3.05, 3.63) is 82.6 Å². The van der Waals surface area contributed by atoms with Crippen molar-refractivity contribution < 1.29 is 14.3 Å². The Balaban J connectivity index is 1.42. The number of carbonyl (C=O) groups excluding carboxylic acids is 1. The van der Waals surface area contributed by atoms with E-state index in [1.807, 2.05) is 24.3 Å². The minimum Gasteiger partial charge on any atom is -0.495 e. The van der Waals surface area contributed by atoms with Crippen molar-refractivity contribution in [1.82, 2.24) is 9.55 Å². The van der Waals surface area contributed by atoms with Gasteiger partial charge in [-0.2, -0.15) is 0 Å². The third kappa shape index (κ3) is 4.58. The summed E-state index contributed by atoms with van der Waals surface area (Å²) in [6, 6.07) is 19.6. The molecule has 5 rings (SSSR count). The first-order valence-electron chi connectivity index (χ1n) is 11.7. The number of aryl methyl sites for hydroxylation is 2. The van der Waals surface area contributed by atoms with Gasteiger partial charge in [0.15, 0.2) is 0 Å². The lowest BCUT2D eigenvalue weighted by atomic mass is 10.1. The number of nitrogens with zero attached hydrogens (tertiary/aromatic N) is 3. The summed E-state index contributed by atoms with van der Waals surface area (Å²) in [5.41, 5.74) is 4.98. The molecule has 0 N–H and O–H groups in total. The van der Waals surface area contributed by atoms with Crippen LogP contribution in [0.2, 0.25) is 5.02 Å². The second-order valence-electron chi connectivity index (χ2n) is 8.95. The van der Waals surface area contributed by atoms with Gasteiger partial charge in [-0.3, -0.25) is 4.79 Å². The quantitative estimate of drug-likeness (QED) is 0.323. The van der Waals surface area contributed by atoms with Crippen molar-refractivity contribution in [2.45, 2.75) is 32.7 Å². The zero-order valence-electron chi connectivity index (χ0n) is 20.1. The summed E-state index contributed by atoms with van der Waals surface area (Å²) < 4.78 is 13.8. The van der Waals surface area contributed by atoms with E-state index in [0.717, 1.165) is 28.2 Å². The Morgan fingerprint density at radius 2 is 1.86 bits per heavy atom. The maximum atomic E-state index is 13.1. The predicted octanol–water partition coefficient (Wildman–Crippen LogP) is 5.91. The molecular weight excluding hydrogens is 462 g/mol. The lowest BCUT2D eigenvalue weighted by molar-refractivity contribution is -0.117. The van der Waals surface area contributed by atoms with E-state index in [9.17, 15) is 4.79 Å². The molecule has 1 amide bonds. The zero-order chi connectivity index (χ0) is 24.5. The molecule has 1 aliphatic heterocycles. The normalized spacial score (nSPS) is 15.7. The molecule has 0 saturated carbocycles. The Hall–Kier alpha value is -3.51. The van der Waals surface area contributed by atoms with Gasteiger partial charge < -0.3 is 18.9 Å². The van der Waals surface area contributed by atoms with Gasteiger partial charge in [-0.1, -0.05) is 41.4 Å². The predicted molar refractivity (Wildman–Crippen MR) is 139 cm³/mol. The fourth-order valence-corrected chi connectivity index (χ4v) is 5.00. The molecule has 4 aromatic rings. The van der Waals surface area contributed by atoms with Gasteiger partial charge in [0.1, 0.15) is 23.9 Å². The third-order valence-corrected chi connectivity index (χ3v) is 6.74. The molecule has 3 aromatic carbocycles. The van der Waals surface area contributed by atoms with Crippen LogP contribution in [0, 0.1) is 13.8 Å².